The number of hydrogen-bond acceptors (Lipinski definition) is 4. The highest BCUT2D eigenvalue weighted by atomic mass is 16.5. The van der Waals surface area contributed by atoms with Crippen molar-refractivity contribution < 1.29 is 19.1 Å². The Balaban J connectivity index is 1.55. The summed E-state index contributed by atoms with van der Waals surface area (Å²) in [4.78, 5) is 24.6. The van der Waals surface area contributed by atoms with Crippen LogP contribution in [0.1, 0.15) is 27.6 Å². The third-order valence-corrected chi connectivity index (χ3v) is 4.18. The van der Waals surface area contributed by atoms with Crippen LogP contribution in [0.5, 0.6) is 11.5 Å². The van der Waals surface area contributed by atoms with E-state index in [2.05, 4.69) is 10.6 Å². The summed E-state index contributed by atoms with van der Waals surface area (Å²) in [6, 6.07) is 23.2. The van der Waals surface area contributed by atoms with Gasteiger partial charge in [0.05, 0.1) is 0 Å². The predicted octanol–water partition coefficient (Wildman–Crippen LogP) is 4.15. The second-order valence-electron chi connectivity index (χ2n) is 6.43. The van der Waals surface area contributed by atoms with E-state index in [1.807, 2.05) is 37.3 Å². The summed E-state index contributed by atoms with van der Waals surface area (Å²) in [7, 11) is 0. The van der Waals surface area contributed by atoms with E-state index in [-0.39, 0.29) is 11.8 Å². The Bertz CT molecular complexity index is 989. The number of carbonyl (C=O) groups is 2. The molecule has 0 aliphatic carbocycles. The Morgan fingerprint density at radius 1 is 0.733 bits per heavy atom. The molecule has 6 heteroatoms. The zero-order valence-corrected chi connectivity index (χ0v) is 16.8. The van der Waals surface area contributed by atoms with Gasteiger partial charge in [0.1, 0.15) is 24.7 Å². The van der Waals surface area contributed by atoms with Crippen molar-refractivity contribution in [1.29, 1.82) is 0 Å². The van der Waals surface area contributed by atoms with Crippen LogP contribution in [0.3, 0.4) is 0 Å². The fourth-order valence-corrected chi connectivity index (χ4v) is 2.77. The van der Waals surface area contributed by atoms with Gasteiger partial charge < -0.3 is 20.1 Å². The van der Waals surface area contributed by atoms with E-state index in [0.717, 1.165) is 5.75 Å². The number of nitrogens with one attached hydrogen (secondary N) is 2. The lowest BCUT2D eigenvalue weighted by Crippen LogP contribution is -2.22. The van der Waals surface area contributed by atoms with E-state index in [1.165, 1.54) is 0 Å². The minimum atomic E-state index is -0.283. The third-order valence-electron chi connectivity index (χ3n) is 4.18. The molecule has 0 spiro atoms. The standard InChI is InChI=1S/C24H24N2O4/c1-2-25-23(27)18-8-6-10-20(16-18)26-24(28)19-9-7-13-22(17-19)30-15-14-29-21-11-4-3-5-12-21/h3-13,16-17H,2,14-15H2,1H3,(H,25,27)(H,26,28). The molecule has 0 aliphatic rings. The van der Waals surface area contributed by atoms with Gasteiger partial charge >= 0.3 is 0 Å². The van der Waals surface area contributed by atoms with Crippen LogP contribution in [0.15, 0.2) is 78.9 Å². The van der Waals surface area contributed by atoms with Gasteiger partial charge in [-0.3, -0.25) is 9.59 Å². The molecule has 0 bridgehead atoms. The van der Waals surface area contributed by atoms with Crippen molar-refractivity contribution >= 4 is 17.5 Å². The summed E-state index contributed by atoms with van der Waals surface area (Å²) in [5.74, 6) is 0.898. The van der Waals surface area contributed by atoms with Crippen LogP contribution in [0.25, 0.3) is 0 Å². The lowest BCUT2D eigenvalue weighted by Gasteiger charge is -2.10. The van der Waals surface area contributed by atoms with Crippen molar-refractivity contribution in [1.82, 2.24) is 5.32 Å². The molecule has 2 amide bonds. The Hall–Kier alpha value is -3.80. The molecule has 6 nitrogen and oxygen atoms in total. The Kier molecular flexibility index (Phi) is 7.44. The third kappa shape index (κ3) is 6.10. The number of para-hydroxylation sites is 1. The van der Waals surface area contributed by atoms with Gasteiger partial charge in [-0.05, 0) is 55.5 Å². The maximum atomic E-state index is 12.6. The van der Waals surface area contributed by atoms with Gasteiger partial charge in [0.2, 0.25) is 0 Å². The summed E-state index contributed by atoms with van der Waals surface area (Å²) in [6.45, 7) is 3.15. The number of benzene rings is 3. The molecule has 3 rings (SSSR count). The number of amides is 2. The maximum absolute atomic E-state index is 12.6. The van der Waals surface area contributed by atoms with Crippen molar-refractivity contribution in [3.63, 3.8) is 0 Å². The van der Waals surface area contributed by atoms with E-state index < -0.39 is 0 Å². The van der Waals surface area contributed by atoms with Gasteiger partial charge in [-0.1, -0.05) is 30.3 Å². The molecule has 0 heterocycles. The lowest BCUT2D eigenvalue weighted by molar-refractivity contribution is 0.0954. The smallest absolute Gasteiger partial charge is 0.255 e. The first-order valence-corrected chi connectivity index (χ1v) is 9.76. The Labute approximate surface area is 175 Å². The average molecular weight is 404 g/mol. The molecule has 0 radical (unpaired) electrons. The van der Waals surface area contributed by atoms with Gasteiger partial charge in [0.15, 0.2) is 0 Å². The minimum absolute atomic E-state index is 0.179. The van der Waals surface area contributed by atoms with Crippen molar-refractivity contribution in [2.75, 3.05) is 25.1 Å². The highest BCUT2D eigenvalue weighted by Gasteiger charge is 2.10. The zero-order valence-electron chi connectivity index (χ0n) is 16.8. The van der Waals surface area contributed by atoms with Crippen LogP contribution in [-0.2, 0) is 0 Å². The van der Waals surface area contributed by atoms with Gasteiger partial charge in [-0.15, -0.1) is 0 Å². The highest BCUT2D eigenvalue weighted by Crippen LogP contribution is 2.17. The largest absolute Gasteiger partial charge is 0.490 e. The molecule has 3 aromatic carbocycles. The molecular formula is C24H24N2O4. The SMILES string of the molecule is CCNC(=O)c1cccc(NC(=O)c2cccc(OCCOc3ccccc3)c2)c1. The van der Waals surface area contributed by atoms with Crippen LogP contribution in [0, 0.1) is 0 Å². The summed E-state index contributed by atoms with van der Waals surface area (Å²) in [5.41, 5.74) is 1.50. The molecule has 30 heavy (non-hydrogen) atoms. The fourth-order valence-electron chi connectivity index (χ4n) is 2.77. The number of anilines is 1. The van der Waals surface area contributed by atoms with Crippen molar-refractivity contribution in [2.45, 2.75) is 6.92 Å². The number of rotatable bonds is 9. The molecule has 2 N–H and O–H groups in total. The number of hydrogen-bond donors (Lipinski definition) is 2. The molecule has 0 atom stereocenters. The molecule has 154 valence electrons. The Morgan fingerprint density at radius 3 is 2.10 bits per heavy atom. The summed E-state index contributed by atoms with van der Waals surface area (Å²) < 4.78 is 11.3. The first-order valence-electron chi connectivity index (χ1n) is 9.76. The van der Waals surface area contributed by atoms with E-state index >= 15 is 0 Å². The summed E-state index contributed by atoms with van der Waals surface area (Å²) >= 11 is 0. The van der Waals surface area contributed by atoms with E-state index in [9.17, 15) is 9.59 Å². The van der Waals surface area contributed by atoms with Crippen molar-refractivity contribution in [2.24, 2.45) is 0 Å². The van der Waals surface area contributed by atoms with Gasteiger partial charge in [0.25, 0.3) is 11.8 Å². The second-order valence-corrected chi connectivity index (χ2v) is 6.43. The quantitative estimate of drug-likeness (QED) is 0.526. The van der Waals surface area contributed by atoms with Crippen LogP contribution >= 0.6 is 0 Å². The lowest BCUT2D eigenvalue weighted by atomic mass is 10.1. The van der Waals surface area contributed by atoms with E-state index in [1.54, 1.807) is 48.5 Å². The highest BCUT2D eigenvalue weighted by molar-refractivity contribution is 6.05. The first-order chi connectivity index (χ1) is 14.7. The van der Waals surface area contributed by atoms with Crippen LogP contribution in [-0.4, -0.2) is 31.6 Å². The minimum Gasteiger partial charge on any atom is -0.490 e. The van der Waals surface area contributed by atoms with Gasteiger partial charge in [-0.25, -0.2) is 0 Å². The van der Waals surface area contributed by atoms with E-state index in [4.69, 9.17) is 9.47 Å². The van der Waals surface area contributed by atoms with E-state index in [0.29, 0.717) is 42.3 Å². The molecular weight excluding hydrogens is 380 g/mol. The Morgan fingerprint density at radius 2 is 1.37 bits per heavy atom. The van der Waals surface area contributed by atoms with Crippen LogP contribution in [0.2, 0.25) is 0 Å². The molecule has 0 unspecified atom stereocenters. The molecule has 3 aromatic rings. The molecule has 0 fully saturated rings. The fraction of sp³-hybridized carbons (Fsp3) is 0.167. The van der Waals surface area contributed by atoms with Gasteiger partial charge in [-0.2, -0.15) is 0 Å². The molecule has 0 saturated heterocycles. The topological polar surface area (TPSA) is 76.7 Å². The molecule has 0 aromatic heterocycles. The van der Waals surface area contributed by atoms with Crippen LogP contribution < -0.4 is 20.1 Å². The molecule has 0 aliphatic heterocycles. The first kappa shape index (κ1) is 20.9. The van der Waals surface area contributed by atoms with Gasteiger partial charge in [0, 0.05) is 23.4 Å². The monoisotopic (exact) mass is 404 g/mol. The van der Waals surface area contributed by atoms with Crippen molar-refractivity contribution in [3.05, 3.63) is 90.0 Å². The predicted molar refractivity (Wildman–Crippen MR) is 116 cm³/mol. The average Bonchev–Trinajstić information content (AvgIpc) is 2.78. The second kappa shape index (κ2) is 10.7. The maximum Gasteiger partial charge on any atom is 0.255 e. The number of ether oxygens (including phenoxy) is 2. The van der Waals surface area contributed by atoms with Crippen molar-refractivity contribution in [3.8, 4) is 11.5 Å². The normalized spacial score (nSPS) is 10.2. The number of carbonyl (C=O) groups excluding carboxylic acids is 2. The molecule has 0 saturated carbocycles. The van der Waals surface area contributed by atoms with Crippen LogP contribution in [0.4, 0.5) is 5.69 Å². The summed E-state index contributed by atoms with van der Waals surface area (Å²) in [6.07, 6.45) is 0. The summed E-state index contributed by atoms with van der Waals surface area (Å²) in [5, 5.41) is 5.55. The zero-order chi connectivity index (χ0) is 21.2.